The van der Waals surface area contributed by atoms with Gasteiger partial charge in [0, 0.05) is 25.0 Å². The van der Waals surface area contributed by atoms with Gasteiger partial charge in [0.2, 0.25) is 5.78 Å². The molecule has 120 valence electrons. The Balaban J connectivity index is 2.43. The molecule has 0 aliphatic heterocycles. The van der Waals surface area contributed by atoms with Gasteiger partial charge in [0.25, 0.3) is 5.78 Å². The molecule has 0 fully saturated rings. The first-order chi connectivity index (χ1) is 11.2. The van der Waals surface area contributed by atoms with Gasteiger partial charge < -0.3 is 4.98 Å². The lowest BCUT2D eigenvalue weighted by Gasteiger charge is -2.17. The molecule has 7 heteroatoms. The lowest BCUT2D eigenvalue weighted by molar-refractivity contribution is 0.0811. The lowest BCUT2D eigenvalue weighted by atomic mass is 9.87. The molecule has 1 aliphatic rings. The van der Waals surface area contributed by atoms with Crippen LogP contribution >= 0.6 is 0 Å². The van der Waals surface area contributed by atoms with Gasteiger partial charge in [-0.25, -0.2) is 4.98 Å². The van der Waals surface area contributed by atoms with Crippen molar-refractivity contribution in [1.82, 2.24) is 9.97 Å². The van der Waals surface area contributed by atoms with Crippen LogP contribution in [0.2, 0.25) is 0 Å². The summed E-state index contributed by atoms with van der Waals surface area (Å²) in [6, 6.07) is 2.59. The number of aromatic nitrogens is 2. The van der Waals surface area contributed by atoms with Gasteiger partial charge in [-0.05, 0) is 19.1 Å². The number of nitrogens with one attached hydrogen (secondary N) is 1. The Morgan fingerprint density at radius 3 is 2.12 bits per heavy atom. The molecule has 1 aliphatic carbocycles. The van der Waals surface area contributed by atoms with Gasteiger partial charge in [0.15, 0.2) is 17.3 Å². The number of carbonyl (C=O) groups excluding carboxylic acids is 5. The van der Waals surface area contributed by atoms with Crippen molar-refractivity contribution in [1.29, 1.82) is 0 Å². The smallest absolute Gasteiger partial charge is 0.252 e. The molecule has 0 radical (unpaired) electrons. The predicted molar refractivity (Wildman–Crippen MR) is 82.7 cm³/mol. The minimum Gasteiger partial charge on any atom is -0.351 e. The summed E-state index contributed by atoms with van der Waals surface area (Å²) in [5.41, 5.74) is 0.317. The molecular formula is C17H12N2O5. The molecule has 0 atom stereocenters. The molecule has 0 saturated heterocycles. The Kier molecular flexibility index (Phi) is 3.37. The Bertz CT molecular complexity index is 981. The van der Waals surface area contributed by atoms with Crippen LogP contribution in [-0.2, 0) is 0 Å². The van der Waals surface area contributed by atoms with E-state index in [1.54, 1.807) is 0 Å². The Labute approximate surface area is 136 Å². The molecule has 2 aromatic rings. The summed E-state index contributed by atoms with van der Waals surface area (Å²) in [4.78, 5) is 66.6. The van der Waals surface area contributed by atoms with E-state index in [4.69, 9.17) is 0 Å². The van der Waals surface area contributed by atoms with E-state index in [1.165, 1.54) is 32.9 Å². The topological polar surface area (TPSA) is 114 Å². The molecule has 1 N–H and O–H groups in total. The SMILES string of the molecule is CC(=O)c1cc(C(C)=O)c2c(n1)C(=O)C(=O)c1cc(C(C)=O)[nH]c1-2. The van der Waals surface area contributed by atoms with E-state index >= 15 is 0 Å². The van der Waals surface area contributed by atoms with Crippen LogP contribution in [0.1, 0.15) is 73.0 Å². The zero-order valence-corrected chi connectivity index (χ0v) is 13.1. The van der Waals surface area contributed by atoms with Gasteiger partial charge in [-0.2, -0.15) is 0 Å². The first-order valence-corrected chi connectivity index (χ1v) is 7.12. The highest BCUT2D eigenvalue weighted by Crippen LogP contribution is 2.36. The van der Waals surface area contributed by atoms with Crippen LogP contribution in [0.3, 0.4) is 0 Å². The number of pyridine rings is 1. The standard InChI is InChI=1S/C17H12N2O5/c1-6(20)9-4-11(7(2)21)19-15-13(9)14-10(16(23)17(15)24)5-12(18-14)8(3)22/h4-5,18H,1-3H3. The number of ketones is 5. The monoisotopic (exact) mass is 324 g/mol. The number of hydrogen-bond acceptors (Lipinski definition) is 6. The van der Waals surface area contributed by atoms with Crippen molar-refractivity contribution in [2.45, 2.75) is 20.8 Å². The van der Waals surface area contributed by atoms with E-state index in [9.17, 15) is 24.0 Å². The van der Waals surface area contributed by atoms with Crippen LogP contribution in [0.5, 0.6) is 0 Å². The van der Waals surface area contributed by atoms with Crippen LogP contribution in [0.25, 0.3) is 11.3 Å². The van der Waals surface area contributed by atoms with Gasteiger partial charge in [-0.15, -0.1) is 0 Å². The third-order valence-corrected chi connectivity index (χ3v) is 3.87. The maximum atomic E-state index is 12.4. The molecule has 0 unspecified atom stereocenters. The van der Waals surface area contributed by atoms with Crippen LogP contribution in [0.4, 0.5) is 0 Å². The highest BCUT2D eigenvalue weighted by atomic mass is 16.2. The van der Waals surface area contributed by atoms with E-state index < -0.39 is 17.3 Å². The second-order valence-corrected chi connectivity index (χ2v) is 5.58. The highest BCUT2D eigenvalue weighted by Gasteiger charge is 2.37. The van der Waals surface area contributed by atoms with Crippen LogP contribution in [0.15, 0.2) is 12.1 Å². The van der Waals surface area contributed by atoms with Crippen molar-refractivity contribution in [2.75, 3.05) is 0 Å². The summed E-state index contributed by atoms with van der Waals surface area (Å²) in [7, 11) is 0. The minimum absolute atomic E-state index is 0.0255. The number of rotatable bonds is 3. The number of H-pyrrole nitrogens is 1. The summed E-state index contributed by atoms with van der Waals surface area (Å²) in [6.45, 7) is 3.85. The molecule has 7 nitrogen and oxygen atoms in total. The highest BCUT2D eigenvalue weighted by molar-refractivity contribution is 6.53. The Hall–Kier alpha value is -3.22. The molecule has 24 heavy (non-hydrogen) atoms. The summed E-state index contributed by atoms with van der Waals surface area (Å²) < 4.78 is 0. The van der Waals surface area contributed by atoms with E-state index in [-0.39, 0.29) is 51.0 Å². The second kappa shape index (κ2) is 5.16. The summed E-state index contributed by atoms with van der Waals surface area (Å²) in [5, 5.41) is 0. The van der Waals surface area contributed by atoms with Crippen molar-refractivity contribution in [2.24, 2.45) is 0 Å². The van der Waals surface area contributed by atoms with Crippen molar-refractivity contribution < 1.29 is 24.0 Å². The molecule has 3 rings (SSSR count). The predicted octanol–water partition coefficient (Wildman–Crippen LogP) is 2.06. The largest absolute Gasteiger partial charge is 0.351 e. The molecule has 0 aromatic carbocycles. The van der Waals surface area contributed by atoms with Crippen molar-refractivity contribution in [3.63, 3.8) is 0 Å². The van der Waals surface area contributed by atoms with E-state index in [1.807, 2.05) is 0 Å². The zero-order chi connectivity index (χ0) is 17.8. The Morgan fingerprint density at radius 1 is 0.917 bits per heavy atom. The summed E-state index contributed by atoms with van der Waals surface area (Å²) in [5.74, 6) is -2.87. The van der Waals surface area contributed by atoms with Gasteiger partial charge in [-0.3, -0.25) is 24.0 Å². The van der Waals surface area contributed by atoms with Crippen molar-refractivity contribution >= 4 is 28.9 Å². The molecule has 0 bridgehead atoms. The third kappa shape index (κ3) is 2.13. The van der Waals surface area contributed by atoms with E-state index in [0.717, 1.165) is 0 Å². The number of Topliss-reactive ketones (excluding diaryl/α,β-unsaturated/α-hetero) is 5. The minimum atomic E-state index is -0.905. The molecule has 0 amide bonds. The average Bonchev–Trinajstić information content (AvgIpc) is 2.96. The third-order valence-electron chi connectivity index (χ3n) is 3.87. The number of nitrogens with zero attached hydrogens (tertiary/aromatic N) is 1. The maximum Gasteiger partial charge on any atom is 0.252 e. The maximum absolute atomic E-state index is 12.4. The fourth-order valence-electron chi connectivity index (χ4n) is 2.67. The first-order valence-electron chi connectivity index (χ1n) is 7.12. The number of fused-ring (bicyclic) bond motifs is 3. The summed E-state index contributed by atoms with van der Waals surface area (Å²) >= 11 is 0. The van der Waals surface area contributed by atoms with Crippen molar-refractivity contribution in [3.8, 4) is 11.3 Å². The molecule has 0 saturated carbocycles. The molecule has 2 heterocycles. The normalized spacial score (nSPS) is 12.6. The van der Waals surface area contributed by atoms with Gasteiger partial charge in [-0.1, -0.05) is 0 Å². The van der Waals surface area contributed by atoms with Gasteiger partial charge in [0.05, 0.1) is 17.0 Å². The van der Waals surface area contributed by atoms with Gasteiger partial charge >= 0.3 is 0 Å². The molecule has 2 aromatic heterocycles. The quantitative estimate of drug-likeness (QED) is 0.683. The van der Waals surface area contributed by atoms with Crippen LogP contribution in [0, 0.1) is 0 Å². The molecular weight excluding hydrogens is 312 g/mol. The summed E-state index contributed by atoms with van der Waals surface area (Å²) in [6.07, 6.45) is 0. The Morgan fingerprint density at radius 2 is 1.58 bits per heavy atom. The van der Waals surface area contributed by atoms with Crippen LogP contribution < -0.4 is 0 Å². The van der Waals surface area contributed by atoms with Crippen LogP contribution in [-0.4, -0.2) is 38.9 Å². The lowest BCUT2D eigenvalue weighted by Crippen LogP contribution is -2.24. The van der Waals surface area contributed by atoms with E-state index in [2.05, 4.69) is 9.97 Å². The first kappa shape index (κ1) is 15.7. The fourth-order valence-corrected chi connectivity index (χ4v) is 2.67. The second-order valence-electron chi connectivity index (χ2n) is 5.58. The average molecular weight is 324 g/mol. The zero-order valence-electron chi connectivity index (χ0n) is 13.1. The van der Waals surface area contributed by atoms with E-state index in [0.29, 0.717) is 0 Å². The number of hydrogen-bond donors (Lipinski definition) is 1. The number of aromatic amines is 1. The fraction of sp³-hybridized carbons (Fsp3) is 0.176. The molecule has 0 spiro atoms. The van der Waals surface area contributed by atoms with Crippen molar-refractivity contribution in [3.05, 3.63) is 40.3 Å². The number of carbonyl (C=O) groups is 5. The van der Waals surface area contributed by atoms with Gasteiger partial charge in [0.1, 0.15) is 11.4 Å².